The molecule has 0 saturated carbocycles. The van der Waals surface area contributed by atoms with Crippen LogP contribution in [0.4, 0.5) is 8.78 Å². The highest BCUT2D eigenvalue weighted by Gasteiger charge is 2.27. The molecule has 1 fully saturated rings. The van der Waals surface area contributed by atoms with Gasteiger partial charge in [-0.3, -0.25) is 4.79 Å². The number of amides is 1. The fraction of sp³-hybridized carbons (Fsp3) is 0.417. The van der Waals surface area contributed by atoms with Gasteiger partial charge >= 0.3 is 0 Å². The number of rotatable bonds is 2. The standard InChI is InChI=1S/C12H14F2N2O.ClH/c1-15-9-4-5-16(7-9)12(17)10-3-2-8(13)6-11(10)14;/h2-3,6,9,15H,4-5,7H2,1H3;1H. The molecule has 0 aromatic heterocycles. The number of benzene rings is 1. The lowest BCUT2D eigenvalue weighted by Gasteiger charge is -2.16. The summed E-state index contributed by atoms with van der Waals surface area (Å²) >= 11 is 0. The van der Waals surface area contributed by atoms with Crippen molar-refractivity contribution in [2.45, 2.75) is 12.5 Å². The molecule has 0 bridgehead atoms. The first-order chi connectivity index (χ1) is 8.11. The van der Waals surface area contributed by atoms with Gasteiger partial charge in [0.05, 0.1) is 5.56 Å². The van der Waals surface area contributed by atoms with E-state index in [4.69, 9.17) is 0 Å². The Balaban J connectivity index is 0.00000162. The lowest BCUT2D eigenvalue weighted by atomic mass is 10.2. The molecule has 1 aliphatic rings. The third-order valence-electron chi connectivity index (χ3n) is 3.05. The van der Waals surface area contributed by atoms with E-state index in [0.717, 1.165) is 18.6 Å². The van der Waals surface area contributed by atoms with Crippen molar-refractivity contribution in [3.05, 3.63) is 35.4 Å². The van der Waals surface area contributed by atoms with Crippen LogP contribution in [0.15, 0.2) is 18.2 Å². The van der Waals surface area contributed by atoms with Crippen molar-refractivity contribution in [2.75, 3.05) is 20.1 Å². The van der Waals surface area contributed by atoms with Gasteiger partial charge in [-0.1, -0.05) is 0 Å². The van der Waals surface area contributed by atoms with Crippen molar-refractivity contribution in [2.24, 2.45) is 0 Å². The van der Waals surface area contributed by atoms with Gasteiger partial charge in [0, 0.05) is 25.2 Å². The summed E-state index contributed by atoms with van der Waals surface area (Å²) < 4.78 is 26.2. The monoisotopic (exact) mass is 276 g/mol. The van der Waals surface area contributed by atoms with E-state index in [9.17, 15) is 13.6 Å². The number of likely N-dealkylation sites (tertiary alicyclic amines) is 1. The molecule has 0 radical (unpaired) electrons. The Bertz CT molecular complexity index is 442. The normalized spacial score (nSPS) is 18.6. The second kappa shape index (κ2) is 6.11. The van der Waals surface area contributed by atoms with Crippen LogP contribution in [0.25, 0.3) is 0 Å². The van der Waals surface area contributed by atoms with E-state index in [1.54, 1.807) is 4.90 Å². The van der Waals surface area contributed by atoms with Gasteiger partial charge in [0.2, 0.25) is 0 Å². The molecule has 3 nitrogen and oxygen atoms in total. The highest BCUT2D eigenvalue weighted by molar-refractivity contribution is 5.94. The summed E-state index contributed by atoms with van der Waals surface area (Å²) in [5, 5.41) is 3.08. The van der Waals surface area contributed by atoms with Crippen LogP contribution in [0.2, 0.25) is 0 Å². The third kappa shape index (κ3) is 2.97. The maximum atomic E-state index is 13.4. The second-order valence-corrected chi connectivity index (χ2v) is 4.15. The highest BCUT2D eigenvalue weighted by atomic mass is 35.5. The third-order valence-corrected chi connectivity index (χ3v) is 3.05. The summed E-state index contributed by atoms with van der Waals surface area (Å²) in [7, 11) is 1.83. The molecular formula is C12H15ClF2N2O. The molecule has 1 aromatic carbocycles. The van der Waals surface area contributed by atoms with Crippen molar-refractivity contribution in [3.63, 3.8) is 0 Å². The molecule has 1 unspecified atom stereocenters. The molecular weight excluding hydrogens is 262 g/mol. The summed E-state index contributed by atoms with van der Waals surface area (Å²) in [6.45, 7) is 1.16. The van der Waals surface area contributed by atoms with Gasteiger partial charge in [0.1, 0.15) is 11.6 Å². The first-order valence-electron chi connectivity index (χ1n) is 5.53. The number of likely N-dealkylation sites (N-methyl/N-ethyl adjacent to an activating group) is 1. The van der Waals surface area contributed by atoms with E-state index < -0.39 is 11.6 Å². The lowest BCUT2D eigenvalue weighted by molar-refractivity contribution is 0.0785. The molecule has 1 N–H and O–H groups in total. The van der Waals surface area contributed by atoms with Gasteiger partial charge in [-0.25, -0.2) is 8.78 Å². The first-order valence-corrected chi connectivity index (χ1v) is 5.53. The van der Waals surface area contributed by atoms with E-state index in [0.29, 0.717) is 13.1 Å². The van der Waals surface area contributed by atoms with E-state index >= 15 is 0 Å². The number of carbonyl (C=O) groups excluding carboxylic acids is 1. The molecule has 1 aliphatic heterocycles. The van der Waals surface area contributed by atoms with Crippen LogP contribution in [-0.2, 0) is 0 Å². The molecule has 6 heteroatoms. The van der Waals surface area contributed by atoms with Gasteiger partial charge in [0.25, 0.3) is 5.91 Å². The van der Waals surface area contributed by atoms with E-state index in [1.807, 2.05) is 7.05 Å². The van der Waals surface area contributed by atoms with Crippen molar-refractivity contribution < 1.29 is 13.6 Å². The topological polar surface area (TPSA) is 32.3 Å². The van der Waals surface area contributed by atoms with Crippen LogP contribution in [0.5, 0.6) is 0 Å². The Morgan fingerprint density at radius 2 is 2.17 bits per heavy atom. The van der Waals surface area contributed by atoms with Crippen molar-refractivity contribution >= 4 is 18.3 Å². The number of nitrogens with zero attached hydrogens (tertiary/aromatic N) is 1. The molecule has 0 spiro atoms. The smallest absolute Gasteiger partial charge is 0.256 e. The van der Waals surface area contributed by atoms with Crippen molar-refractivity contribution in [1.82, 2.24) is 10.2 Å². The van der Waals surface area contributed by atoms with Crippen LogP contribution in [0.1, 0.15) is 16.8 Å². The Morgan fingerprint density at radius 3 is 2.72 bits per heavy atom. The van der Waals surface area contributed by atoms with Gasteiger partial charge in [-0.05, 0) is 25.6 Å². The van der Waals surface area contributed by atoms with Gasteiger partial charge in [-0.2, -0.15) is 0 Å². The Kier molecular flexibility index (Phi) is 5.04. The molecule has 0 aliphatic carbocycles. The largest absolute Gasteiger partial charge is 0.337 e. The predicted octanol–water partition coefficient (Wildman–Crippen LogP) is 1.82. The molecule has 1 aromatic rings. The van der Waals surface area contributed by atoms with Crippen LogP contribution in [-0.4, -0.2) is 37.0 Å². The summed E-state index contributed by atoms with van der Waals surface area (Å²) in [6.07, 6.45) is 0.852. The fourth-order valence-corrected chi connectivity index (χ4v) is 2.01. The molecule has 100 valence electrons. The van der Waals surface area contributed by atoms with E-state index in [1.165, 1.54) is 6.07 Å². The quantitative estimate of drug-likeness (QED) is 0.894. The zero-order valence-corrected chi connectivity index (χ0v) is 10.8. The maximum absolute atomic E-state index is 13.4. The molecule has 1 amide bonds. The number of carbonyl (C=O) groups is 1. The summed E-state index contributed by atoms with van der Waals surface area (Å²) in [5.41, 5.74) is -0.0665. The van der Waals surface area contributed by atoms with E-state index in [-0.39, 0.29) is 29.9 Å². The molecule has 18 heavy (non-hydrogen) atoms. The Labute approximate surface area is 111 Å². The molecule has 1 heterocycles. The molecule has 1 atom stereocenters. The van der Waals surface area contributed by atoms with Gasteiger partial charge < -0.3 is 10.2 Å². The van der Waals surface area contributed by atoms with Gasteiger partial charge in [0.15, 0.2) is 0 Å². The number of hydrogen-bond donors (Lipinski definition) is 1. The average Bonchev–Trinajstić information content (AvgIpc) is 2.76. The van der Waals surface area contributed by atoms with Crippen LogP contribution >= 0.6 is 12.4 Å². The van der Waals surface area contributed by atoms with E-state index in [2.05, 4.69) is 5.32 Å². The average molecular weight is 277 g/mol. The summed E-state index contributed by atoms with van der Waals surface area (Å²) in [5.74, 6) is -1.85. The number of hydrogen-bond acceptors (Lipinski definition) is 2. The summed E-state index contributed by atoms with van der Waals surface area (Å²) in [4.78, 5) is 13.6. The Hall–Kier alpha value is -1.20. The van der Waals surface area contributed by atoms with Crippen molar-refractivity contribution in [3.8, 4) is 0 Å². The number of halogens is 3. The maximum Gasteiger partial charge on any atom is 0.256 e. The minimum Gasteiger partial charge on any atom is -0.337 e. The predicted molar refractivity (Wildman–Crippen MR) is 67.0 cm³/mol. The van der Waals surface area contributed by atoms with Crippen LogP contribution in [0.3, 0.4) is 0 Å². The highest BCUT2D eigenvalue weighted by Crippen LogP contribution is 2.16. The SMILES string of the molecule is CNC1CCN(C(=O)c2ccc(F)cc2F)C1.Cl. The zero-order chi connectivity index (χ0) is 12.4. The minimum absolute atomic E-state index is 0. The molecule has 1 saturated heterocycles. The van der Waals surface area contributed by atoms with Gasteiger partial charge in [-0.15, -0.1) is 12.4 Å². The van der Waals surface area contributed by atoms with Crippen LogP contribution < -0.4 is 5.32 Å². The first kappa shape index (κ1) is 14.9. The second-order valence-electron chi connectivity index (χ2n) is 4.15. The lowest BCUT2D eigenvalue weighted by Crippen LogP contribution is -2.33. The fourth-order valence-electron chi connectivity index (χ4n) is 2.01. The summed E-state index contributed by atoms with van der Waals surface area (Å²) in [6, 6.07) is 3.28. The van der Waals surface area contributed by atoms with Crippen LogP contribution in [0, 0.1) is 11.6 Å². The number of nitrogens with one attached hydrogen (secondary N) is 1. The minimum atomic E-state index is -0.803. The zero-order valence-electron chi connectivity index (χ0n) is 9.95. The molecule has 2 rings (SSSR count). The Morgan fingerprint density at radius 1 is 1.44 bits per heavy atom. The van der Waals surface area contributed by atoms with Crippen molar-refractivity contribution in [1.29, 1.82) is 0 Å².